The molecule has 0 saturated carbocycles. The van der Waals surface area contributed by atoms with Crippen molar-refractivity contribution < 1.29 is 4.79 Å². The molecule has 0 aliphatic heterocycles. The molecule has 4 N–H and O–H groups in total. The number of hydrogen-bond acceptors (Lipinski definition) is 5. The largest absolute Gasteiger partial charge is 0.395 e. The summed E-state index contributed by atoms with van der Waals surface area (Å²) >= 11 is 1.43. The lowest BCUT2D eigenvalue weighted by Gasteiger charge is -2.02. The fourth-order valence-corrected chi connectivity index (χ4v) is 2.47. The molecule has 0 aromatic carbocycles. The quantitative estimate of drug-likeness (QED) is 0.804. The summed E-state index contributed by atoms with van der Waals surface area (Å²) in [6.07, 6.45) is 0. The first-order chi connectivity index (χ1) is 8.90. The van der Waals surface area contributed by atoms with Crippen LogP contribution in [0.1, 0.15) is 46.5 Å². The Morgan fingerprint density at radius 1 is 1.42 bits per heavy atom. The average molecular weight is 279 g/mol. The standard InChI is InChI=1S/C12H17N5OS/c1-5(2)9-8(13)10(17-16-9)11(18)15-12-14-6(3)7(4)19-12/h5H,13H2,1-4H3,(H,16,17)(H,14,15,18). The predicted molar refractivity (Wildman–Crippen MR) is 76.6 cm³/mol. The maximum absolute atomic E-state index is 12.1. The molecule has 2 aromatic rings. The molecule has 0 aliphatic carbocycles. The van der Waals surface area contributed by atoms with E-state index in [1.54, 1.807) is 0 Å². The van der Waals surface area contributed by atoms with E-state index in [9.17, 15) is 4.79 Å². The Bertz CT molecular complexity index is 594. The number of nitrogens with two attached hydrogens (primary N) is 1. The van der Waals surface area contributed by atoms with Gasteiger partial charge in [-0.1, -0.05) is 13.8 Å². The Labute approximate surface area is 115 Å². The highest BCUT2D eigenvalue weighted by Crippen LogP contribution is 2.25. The number of nitrogens with one attached hydrogen (secondary N) is 2. The van der Waals surface area contributed by atoms with E-state index < -0.39 is 0 Å². The van der Waals surface area contributed by atoms with Gasteiger partial charge >= 0.3 is 0 Å². The number of H-pyrrole nitrogens is 1. The smallest absolute Gasteiger partial charge is 0.280 e. The molecule has 102 valence electrons. The lowest BCUT2D eigenvalue weighted by atomic mass is 10.1. The van der Waals surface area contributed by atoms with Gasteiger partial charge in [0.05, 0.1) is 17.1 Å². The first kappa shape index (κ1) is 13.5. The summed E-state index contributed by atoms with van der Waals surface area (Å²) in [5.41, 5.74) is 8.23. The topological polar surface area (TPSA) is 96.7 Å². The van der Waals surface area contributed by atoms with Gasteiger partial charge in [-0.15, -0.1) is 11.3 Å². The second-order valence-corrected chi connectivity index (χ2v) is 5.87. The van der Waals surface area contributed by atoms with E-state index in [1.165, 1.54) is 11.3 Å². The van der Waals surface area contributed by atoms with Crippen LogP contribution in [0.4, 0.5) is 10.8 Å². The SMILES string of the molecule is Cc1nc(NC(=O)c2n[nH]c(C(C)C)c2N)sc1C. The molecular formula is C12H17N5OS. The van der Waals surface area contributed by atoms with Gasteiger partial charge in [-0.3, -0.25) is 15.2 Å². The van der Waals surface area contributed by atoms with Gasteiger partial charge in [0.1, 0.15) is 0 Å². The summed E-state index contributed by atoms with van der Waals surface area (Å²) in [5, 5.41) is 10.1. The van der Waals surface area contributed by atoms with Gasteiger partial charge < -0.3 is 5.73 Å². The first-order valence-electron chi connectivity index (χ1n) is 5.99. The Hall–Kier alpha value is -1.89. The number of anilines is 2. The normalized spacial score (nSPS) is 11.0. The van der Waals surface area contributed by atoms with Crippen molar-refractivity contribution in [3.05, 3.63) is 22.0 Å². The number of nitrogens with zero attached hydrogens (tertiary/aromatic N) is 2. The predicted octanol–water partition coefficient (Wildman–Crippen LogP) is 2.44. The van der Waals surface area contributed by atoms with Gasteiger partial charge in [0.15, 0.2) is 10.8 Å². The van der Waals surface area contributed by atoms with Crippen LogP contribution in [0, 0.1) is 13.8 Å². The van der Waals surface area contributed by atoms with E-state index in [2.05, 4.69) is 20.5 Å². The minimum absolute atomic E-state index is 0.193. The highest BCUT2D eigenvalue weighted by atomic mass is 32.1. The fraction of sp³-hybridized carbons (Fsp3) is 0.417. The van der Waals surface area contributed by atoms with Crippen molar-refractivity contribution in [3.63, 3.8) is 0 Å². The molecule has 0 radical (unpaired) electrons. The van der Waals surface area contributed by atoms with Gasteiger partial charge in [-0.2, -0.15) is 5.10 Å². The Morgan fingerprint density at radius 3 is 2.58 bits per heavy atom. The number of carbonyl (C=O) groups excluding carboxylic acids is 1. The van der Waals surface area contributed by atoms with E-state index in [1.807, 2.05) is 27.7 Å². The zero-order chi connectivity index (χ0) is 14.2. The number of nitrogen functional groups attached to an aromatic ring is 1. The summed E-state index contributed by atoms with van der Waals surface area (Å²) in [6, 6.07) is 0. The van der Waals surface area contributed by atoms with E-state index in [4.69, 9.17) is 5.73 Å². The van der Waals surface area contributed by atoms with Crippen molar-refractivity contribution >= 4 is 28.1 Å². The van der Waals surface area contributed by atoms with Gasteiger partial charge in [0.25, 0.3) is 5.91 Å². The Morgan fingerprint density at radius 2 is 2.11 bits per heavy atom. The number of thiazole rings is 1. The van der Waals surface area contributed by atoms with Crippen molar-refractivity contribution in [2.75, 3.05) is 11.1 Å². The zero-order valence-corrected chi connectivity index (χ0v) is 12.2. The molecule has 2 aromatic heterocycles. The number of aromatic nitrogens is 3. The lowest BCUT2D eigenvalue weighted by Crippen LogP contribution is -2.14. The van der Waals surface area contributed by atoms with E-state index in [0.29, 0.717) is 10.8 Å². The van der Waals surface area contributed by atoms with Crippen molar-refractivity contribution in [1.29, 1.82) is 0 Å². The highest BCUT2D eigenvalue weighted by molar-refractivity contribution is 7.15. The average Bonchev–Trinajstić information content (AvgIpc) is 2.83. The molecule has 1 amide bonds. The molecular weight excluding hydrogens is 262 g/mol. The van der Waals surface area contributed by atoms with Gasteiger partial charge in [0.2, 0.25) is 0 Å². The van der Waals surface area contributed by atoms with Gasteiger partial charge in [0, 0.05) is 4.88 Å². The molecule has 0 aliphatic rings. The number of aromatic amines is 1. The summed E-state index contributed by atoms with van der Waals surface area (Å²) in [4.78, 5) is 17.4. The number of rotatable bonds is 3. The second kappa shape index (κ2) is 5.00. The monoisotopic (exact) mass is 279 g/mol. The van der Waals surface area contributed by atoms with Crippen molar-refractivity contribution in [3.8, 4) is 0 Å². The van der Waals surface area contributed by atoms with E-state index >= 15 is 0 Å². The van der Waals surface area contributed by atoms with E-state index in [0.717, 1.165) is 16.3 Å². The number of aryl methyl sites for hydroxylation is 2. The zero-order valence-electron chi connectivity index (χ0n) is 11.4. The summed E-state index contributed by atoms with van der Waals surface area (Å²) in [6.45, 7) is 7.84. The summed E-state index contributed by atoms with van der Waals surface area (Å²) < 4.78 is 0. The van der Waals surface area contributed by atoms with Crippen LogP contribution >= 0.6 is 11.3 Å². The van der Waals surface area contributed by atoms with Crippen molar-refractivity contribution in [1.82, 2.24) is 15.2 Å². The van der Waals surface area contributed by atoms with Crippen LogP contribution in [-0.4, -0.2) is 21.1 Å². The van der Waals surface area contributed by atoms with Crippen molar-refractivity contribution in [2.24, 2.45) is 0 Å². The van der Waals surface area contributed by atoms with Gasteiger partial charge in [-0.05, 0) is 19.8 Å². The fourth-order valence-electron chi connectivity index (χ4n) is 1.66. The lowest BCUT2D eigenvalue weighted by molar-refractivity contribution is 0.102. The highest BCUT2D eigenvalue weighted by Gasteiger charge is 2.19. The molecule has 0 spiro atoms. The second-order valence-electron chi connectivity index (χ2n) is 4.67. The Balaban J connectivity index is 2.21. The van der Waals surface area contributed by atoms with Crippen LogP contribution < -0.4 is 11.1 Å². The molecule has 0 atom stereocenters. The summed E-state index contributed by atoms with van der Waals surface area (Å²) in [7, 11) is 0. The number of hydrogen-bond donors (Lipinski definition) is 3. The van der Waals surface area contributed by atoms with Gasteiger partial charge in [-0.25, -0.2) is 4.98 Å². The van der Waals surface area contributed by atoms with Crippen LogP contribution in [0.25, 0.3) is 0 Å². The maximum Gasteiger partial charge on any atom is 0.280 e. The molecule has 0 bridgehead atoms. The Kier molecular flexibility index (Phi) is 3.57. The molecule has 6 nitrogen and oxygen atoms in total. The van der Waals surface area contributed by atoms with Crippen LogP contribution in [0.15, 0.2) is 0 Å². The van der Waals surface area contributed by atoms with Crippen LogP contribution in [0.5, 0.6) is 0 Å². The third-order valence-electron chi connectivity index (χ3n) is 2.87. The third kappa shape index (κ3) is 2.60. The molecule has 0 fully saturated rings. The summed E-state index contributed by atoms with van der Waals surface area (Å²) in [5.74, 6) is -0.146. The molecule has 0 unspecified atom stereocenters. The number of amides is 1. The minimum Gasteiger partial charge on any atom is -0.395 e. The van der Waals surface area contributed by atoms with Crippen molar-refractivity contribution in [2.45, 2.75) is 33.6 Å². The molecule has 2 rings (SSSR count). The minimum atomic E-state index is -0.339. The van der Waals surface area contributed by atoms with Crippen LogP contribution in [0.3, 0.4) is 0 Å². The molecule has 2 heterocycles. The maximum atomic E-state index is 12.1. The first-order valence-corrected chi connectivity index (χ1v) is 6.81. The van der Waals surface area contributed by atoms with Crippen LogP contribution in [-0.2, 0) is 0 Å². The molecule has 7 heteroatoms. The number of carbonyl (C=O) groups is 1. The van der Waals surface area contributed by atoms with Crippen LogP contribution in [0.2, 0.25) is 0 Å². The molecule has 0 saturated heterocycles. The molecule has 19 heavy (non-hydrogen) atoms. The third-order valence-corrected chi connectivity index (χ3v) is 3.86. The van der Waals surface area contributed by atoms with E-state index in [-0.39, 0.29) is 17.5 Å².